The fourth-order valence-corrected chi connectivity index (χ4v) is 7.61. The molecule has 0 saturated carbocycles. The van der Waals surface area contributed by atoms with Crippen molar-refractivity contribution in [1.82, 2.24) is 0 Å². The molecular formula is C59H104O5. The van der Waals surface area contributed by atoms with E-state index in [9.17, 15) is 9.59 Å². The molecule has 0 aliphatic heterocycles. The smallest absolute Gasteiger partial charge is 0.306 e. The van der Waals surface area contributed by atoms with E-state index in [0.717, 1.165) is 89.9 Å². The largest absolute Gasteiger partial charge is 0.462 e. The SMILES string of the molecule is CC/C=C\C/C=C\C/C=C\CCCCCC(=O)OC(COCCCCCCCCCCCC/C=C\C/C=C\CCCCC)COC(=O)CCCCCCC/C=C\CCCCCCCC. The van der Waals surface area contributed by atoms with Gasteiger partial charge in [-0.25, -0.2) is 0 Å². The maximum Gasteiger partial charge on any atom is 0.306 e. The second-order valence-electron chi connectivity index (χ2n) is 18.1. The van der Waals surface area contributed by atoms with Gasteiger partial charge in [0.25, 0.3) is 0 Å². The predicted octanol–water partition coefficient (Wildman–Crippen LogP) is 18.7. The minimum atomic E-state index is -0.558. The number of carbonyl (C=O) groups is 2. The van der Waals surface area contributed by atoms with Crippen molar-refractivity contribution < 1.29 is 23.8 Å². The van der Waals surface area contributed by atoms with Gasteiger partial charge in [-0.2, -0.15) is 0 Å². The van der Waals surface area contributed by atoms with Gasteiger partial charge in [-0.15, -0.1) is 0 Å². The van der Waals surface area contributed by atoms with Gasteiger partial charge in [0, 0.05) is 19.4 Å². The number of ether oxygens (including phenoxy) is 3. The molecule has 0 spiro atoms. The van der Waals surface area contributed by atoms with Gasteiger partial charge in [0.1, 0.15) is 6.61 Å². The first kappa shape index (κ1) is 61.3. The summed E-state index contributed by atoms with van der Waals surface area (Å²) in [7, 11) is 0. The van der Waals surface area contributed by atoms with E-state index >= 15 is 0 Å². The second kappa shape index (κ2) is 54.7. The van der Waals surface area contributed by atoms with Crippen molar-refractivity contribution in [3.8, 4) is 0 Å². The third-order valence-corrected chi connectivity index (χ3v) is 11.7. The molecule has 0 saturated heterocycles. The van der Waals surface area contributed by atoms with Crippen molar-refractivity contribution >= 4 is 11.9 Å². The van der Waals surface area contributed by atoms with Crippen molar-refractivity contribution in [2.75, 3.05) is 19.8 Å². The van der Waals surface area contributed by atoms with Gasteiger partial charge in [-0.05, 0) is 109 Å². The molecule has 0 aliphatic rings. The van der Waals surface area contributed by atoms with Crippen molar-refractivity contribution in [2.24, 2.45) is 0 Å². The molecule has 1 unspecified atom stereocenters. The molecule has 0 aromatic rings. The molecule has 0 radical (unpaired) electrons. The first-order valence-electron chi connectivity index (χ1n) is 27.5. The minimum absolute atomic E-state index is 0.0668. The molecule has 0 heterocycles. The highest BCUT2D eigenvalue weighted by molar-refractivity contribution is 5.70. The predicted molar refractivity (Wildman–Crippen MR) is 279 cm³/mol. The molecule has 5 heteroatoms. The highest BCUT2D eigenvalue weighted by Gasteiger charge is 2.17. The first-order chi connectivity index (χ1) is 31.6. The zero-order chi connectivity index (χ0) is 46.3. The molecule has 0 amide bonds. The van der Waals surface area contributed by atoms with Crippen LogP contribution in [0.15, 0.2) is 72.9 Å². The number of rotatable bonds is 50. The van der Waals surface area contributed by atoms with Crippen LogP contribution in [0.25, 0.3) is 0 Å². The van der Waals surface area contributed by atoms with E-state index in [1.807, 2.05) is 0 Å². The number of esters is 2. The number of hydrogen-bond donors (Lipinski definition) is 0. The van der Waals surface area contributed by atoms with E-state index in [4.69, 9.17) is 14.2 Å². The van der Waals surface area contributed by atoms with E-state index in [-0.39, 0.29) is 25.2 Å². The molecule has 0 N–H and O–H groups in total. The van der Waals surface area contributed by atoms with Gasteiger partial charge >= 0.3 is 11.9 Å². The minimum Gasteiger partial charge on any atom is -0.462 e. The summed E-state index contributed by atoms with van der Waals surface area (Å²) >= 11 is 0. The second-order valence-corrected chi connectivity index (χ2v) is 18.1. The van der Waals surface area contributed by atoms with E-state index in [1.54, 1.807) is 0 Å². The van der Waals surface area contributed by atoms with Crippen LogP contribution >= 0.6 is 0 Å². The lowest BCUT2D eigenvalue weighted by Crippen LogP contribution is -2.30. The van der Waals surface area contributed by atoms with Crippen LogP contribution in [0, 0.1) is 0 Å². The summed E-state index contributed by atoms with van der Waals surface area (Å²) in [6.45, 7) is 7.66. The van der Waals surface area contributed by atoms with Gasteiger partial charge < -0.3 is 14.2 Å². The Morgan fingerprint density at radius 1 is 0.359 bits per heavy atom. The highest BCUT2D eigenvalue weighted by Crippen LogP contribution is 2.14. The molecule has 0 bridgehead atoms. The summed E-state index contributed by atoms with van der Waals surface area (Å²) in [6.07, 6.45) is 70.6. The zero-order valence-corrected chi connectivity index (χ0v) is 42.5. The Morgan fingerprint density at radius 3 is 1.19 bits per heavy atom. The van der Waals surface area contributed by atoms with Gasteiger partial charge in [0.2, 0.25) is 0 Å². The number of hydrogen-bond acceptors (Lipinski definition) is 5. The lowest BCUT2D eigenvalue weighted by Gasteiger charge is -2.18. The summed E-state index contributed by atoms with van der Waals surface area (Å²) in [5.74, 6) is -0.437. The van der Waals surface area contributed by atoms with Crippen LogP contribution in [0.3, 0.4) is 0 Å². The third kappa shape index (κ3) is 52.0. The molecular weight excluding hydrogens is 789 g/mol. The molecule has 0 fully saturated rings. The summed E-state index contributed by atoms with van der Waals surface area (Å²) < 4.78 is 17.4. The normalized spacial score (nSPS) is 12.7. The number of unbranched alkanes of at least 4 members (excludes halogenated alkanes) is 27. The maximum atomic E-state index is 12.8. The molecule has 5 nitrogen and oxygen atoms in total. The van der Waals surface area contributed by atoms with Crippen LogP contribution < -0.4 is 0 Å². The molecule has 0 aromatic heterocycles. The molecule has 64 heavy (non-hydrogen) atoms. The average molecular weight is 893 g/mol. The van der Waals surface area contributed by atoms with Crippen LogP contribution in [0.4, 0.5) is 0 Å². The van der Waals surface area contributed by atoms with Gasteiger partial charge in [0.15, 0.2) is 6.10 Å². The lowest BCUT2D eigenvalue weighted by molar-refractivity contribution is -0.163. The van der Waals surface area contributed by atoms with Crippen LogP contribution in [0.5, 0.6) is 0 Å². The quantitative estimate of drug-likeness (QED) is 0.0346. The summed E-state index contributed by atoms with van der Waals surface area (Å²) in [4.78, 5) is 25.4. The van der Waals surface area contributed by atoms with Crippen molar-refractivity contribution in [3.05, 3.63) is 72.9 Å². The van der Waals surface area contributed by atoms with Gasteiger partial charge in [-0.3, -0.25) is 9.59 Å². The molecule has 0 aromatic carbocycles. The third-order valence-electron chi connectivity index (χ3n) is 11.7. The fraction of sp³-hybridized carbons (Fsp3) is 0.763. The first-order valence-corrected chi connectivity index (χ1v) is 27.5. The summed E-state index contributed by atoms with van der Waals surface area (Å²) in [5.41, 5.74) is 0. The van der Waals surface area contributed by atoms with Crippen LogP contribution in [-0.2, 0) is 23.8 Å². The Morgan fingerprint density at radius 2 is 0.703 bits per heavy atom. The van der Waals surface area contributed by atoms with Crippen molar-refractivity contribution in [3.63, 3.8) is 0 Å². The van der Waals surface area contributed by atoms with E-state index < -0.39 is 6.10 Å². The van der Waals surface area contributed by atoms with Crippen LogP contribution in [-0.4, -0.2) is 37.9 Å². The fourth-order valence-electron chi connectivity index (χ4n) is 7.61. The Labute approximate surface area is 397 Å². The Balaban J connectivity index is 4.28. The van der Waals surface area contributed by atoms with Gasteiger partial charge in [-0.1, -0.05) is 216 Å². The summed E-state index contributed by atoms with van der Waals surface area (Å²) in [6, 6.07) is 0. The monoisotopic (exact) mass is 893 g/mol. The highest BCUT2D eigenvalue weighted by atomic mass is 16.6. The molecule has 0 aliphatic carbocycles. The van der Waals surface area contributed by atoms with E-state index in [0.29, 0.717) is 19.4 Å². The number of allylic oxidation sites excluding steroid dienone is 12. The zero-order valence-electron chi connectivity index (χ0n) is 42.5. The Bertz CT molecular complexity index is 1150. The molecule has 0 rings (SSSR count). The average Bonchev–Trinajstić information content (AvgIpc) is 3.30. The Kier molecular flexibility index (Phi) is 52.4. The van der Waals surface area contributed by atoms with Crippen LogP contribution in [0.2, 0.25) is 0 Å². The summed E-state index contributed by atoms with van der Waals surface area (Å²) in [5, 5.41) is 0. The topological polar surface area (TPSA) is 61.8 Å². The lowest BCUT2D eigenvalue weighted by atomic mass is 10.1. The molecule has 1 atom stereocenters. The van der Waals surface area contributed by atoms with Gasteiger partial charge in [0.05, 0.1) is 6.61 Å². The standard InChI is InChI=1S/C59H104O5/c1-4-7-10-13-16-19-22-25-27-28-29-30-31-33-36-39-42-45-48-51-54-62-55-57(64-59(61)53-50-47-44-41-38-34-24-21-18-15-12-9-6-3)56-63-58(60)52-49-46-43-40-37-35-32-26-23-20-17-14-11-8-5-2/h9,12,16,18-19,21,25-27,32,34,38,57H,4-8,10-11,13-15,17,20,22-24,28-31,33,35-37,39-56H2,1-3H3/b12-9-,19-16-,21-18-,27-25-,32-26-,38-34-. The van der Waals surface area contributed by atoms with Crippen LogP contribution in [0.1, 0.15) is 265 Å². The maximum absolute atomic E-state index is 12.8. The van der Waals surface area contributed by atoms with Crippen molar-refractivity contribution in [1.29, 1.82) is 0 Å². The van der Waals surface area contributed by atoms with E-state index in [1.165, 1.54) is 141 Å². The number of carbonyl (C=O) groups excluding carboxylic acids is 2. The van der Waals surface area contributed by atoms with E-state index in [2.05, 4.69) is 93.7 Å². The molecule has 370 valence electrons. The Hall–Kier alpha value is -2.66. The van der Waals surface area contributed by atoms with Crippen molar-refractivity contribution in [2.45, 2.75) is 271 Å².